The van der Waals surface area contributed by atoms with Gasteiger partial charge in [0.1, 0.15) is 0 Å². The molecule has 0 radical (unpaired) electrons. The van der Waals surface area contributed by atoms with E-state index < -0.39 is 7.12 Å². The zero-order chi connectivity index (χ0) is 15.8. The van der Waals surface area contributed by atoms with E-state index in [1.807, 2.05) is 0 Å². The molecule has 1 amide bonds. The molecule has 118 valence electrons. The van der Waals surface area contributed by atoms with E-state index in [9.17, 15) is 4.79 Å². The number of rotatable bonds is 6. The first-order valence-electron chi connectivity index (χ1n) is 7.91. The molecule has 2 fully saturated rings. The summed E-state index contributed by atoms with van der Waals surface area (Å²) in [4.78, 5) is 10.8. The summed E-state index contributed by atoms with van der Waals surface area (Å²) in [6, 6.07) is 0. The van der Waals surface area contributed by atoms with Crippen molar-refractivity contribution in [1.29, 1.82) is 0 Å². The second-order valence-electron chi connectivity index (χ2n) is 7.37. The monoisotopic (exact) mass is 293 g/mol. The first kappa shape index (κ1) is 16.6. The van der Waals surface area contributed by atoms with Crippen LogP contribution >= 0.6 is 0 Å². The van der Waals surface area contributed by atoms with Gasteiger partial charge in [-0.25, -0.2) is 0 Å². The van der Waals surface area contributed by atoms with Crippen LogP contribution in [-0.2, 0) is 14.1 Å². The molecule has 1 aliphatic heterocycles. The third-order valence-corrected chi connectivity index (χ3v) is 6.00. The van der Waals surface area contributed by atoms with Crippen molar-refractivity contribution in [2.75, 3.05) is 0 Å². The van der Waals surface area contributed by atoms with E-state index in [0.717, 1.165) is 6.42 Å². The topological polar surface area (TPSA) is 47.6 Å². The average molecular weight is 293 g/mol. The van der Waals surface area contributed by atoms with E-state index >= 15 is 0 Å². The van der Waals surface area contributed by atoms with Gasteiger partial charge in [0.25, 0.3) is 0 Å². The molecule has 1 N–H and O–H groups in total. The summed E-state index contributed by atoms with van der Waals surface area (Å²) in [7, 11) is -0.403. The molecule has 0 aromatic rings. The molecule has 4 nitrogen and oxygen atoms in total. The standard InChI is InChI=1S/C16H28BNO3/c1-7-8-14(18-10-19)17-20-12(3)16(6,21-17)13-9-11(2)15(13,4)5/h7,10-14H,1,8-9H2,2-6H3,(H,18,19). The molecular formula is C16H28BNO3. The minimum absolute atomic E-state index is 0.0139. The molecule has 0 aromatic heterocycles. The second-order valence-corrected chi connectivity index (χ2v) is 7.37. The molecule has 1 saturated heterocycles. The molecule has 2 rings (SSSR count). The van der Waals surface area contributed by atoms with Gasteiger partial charge in [-0.15, -0.1) is 6.58 Å². The minimum Gasteiger partial charge on any atom is -0.404 e. The van der Waals surface area contributed by atoms with Crippen LogP contribution in [0.2, 0.25) is 0 Å². The second kappa shape index (κ2) is 5.77. The quantitative estimate of drug-likeness (QED) is 0.465. The molecule has 0 spiro atoms. The van der Waals surface area contributed by atoms with E-state index in [1.54, 1.807) is 6.08 Å². The number of carbonyl (C=O) groups excluding carboxylic acids is 1. The summed E-state index contributed by atoms with van der Waals surface area (Å²) in [6.07, 6.45) is 4.30. The highest BCUT2D eigenvalue weighted by atomic mass is 16.7. The maximum atomic E-state index is 10.8. The summed E-state index contributed by atoms with van der Waals surface area (Å²) in [5.41, 5.74) is -0.0437. The van der Waals surface area contributed by atoms with Gasteiger partial charge in [0.05, 0.1) is 17.6 Å². The first-order valence-corrected chi connectivity index (χ1v) is 7.91. The van der Waals surface area contributed by atoms with Crippen LogP contribution in [0.1, 0.15) is 47.5 Å². The summed E-state index contributed by atoms with van der Waals surface area (Å²) in [5.74, 6) is 0.997. The van der Waals surface area contributed by atoms with E-state index in [-0.39, 0.29) is 23.1 Å². The number of hydrogen-bond donors (Lipinski definition) is 1. The fourth-order valence-electron chi connectivity index (χ4n) is 3.89. The van der Waals surface area contributed by atoms with Gasteiger partial charge in [0, 0.05) is 0 Å². The van der Waals surface area contributed by atoms with Gasteiger partial charge in [-0.3, -0.25) is 4.79 Å². The van der Waals surface area contributed by atoms with Crippen LogP contribution in [0.25, 0.3) is 0 Å². The Morgan fingerprint density at radius 3 is 2.57 bits per heavy atom. The van der Waals surface area contributed by atoms with Gasteiger partial charge in [0.2, 0.25) is 6.41 Å². The van der Waals surface area contributed by atoms with Crippen LogP contribution in [0.3, 0.4) is 0 Å². The number of nitrogens with one attached hydrogen (secondary N) is 1. The van der Waals surface area contributed by atoms with Crippen LogP contribution in [0.5, 0.6) is 0 Å². The molecule has 5 atom stereocenters. The van der Waals surface area contributed by atoms with Gasteiger partial charge in [0.15, 0.2) is 0 Å². The Balaban J connectivity index is 2.13. The smallest absolute Gasteiger partial charge is 0.404 e. The van der Waals surface area contributed by atoms with Crippen molar-refractivity contribution in [3.63, 3.8) is 0 Å². The van der Waals surface area contributed by atoms with Crippen LogP contribution in [-0.4, -0.2) is 31.2 Å². The Morgan fingerprint density at radius 2 is 2.10 bits per heavy atom. The molecule has 0 aromatic carbocycles. The number of hydrogen-bond acceptors (Lipinski definition) is 3. The normalized spacial score (nSPS) is 39.5. The molecule has 0 bridgehead atoms. The SMILES string of the molecule is C=CCC(NC=O)B1OC(C)C(C)(C2CC(C)C2(C)C)O1. The van der Waals surface area contributed by atoms with E-state index in [2.05, 4.69) is 46.5 Å². The largest absolute Gasteiger partial charge is 0.481 e. The lowest BCUT2D eigenvalue weighted by Gasteiger charge is -2.58. The van der Waals surface area contributed by atoms with Crippen molar-refractivity contribution in [3.8, 4) is 0 Å². The highest BCUT2D eigenvalue weighted by Crippen LogP contribution is 2.58. The van der Waals surface area contributed by atoms with E-state index in [0.29, 0.717) is 24.7 Å². The molecule has 1 aliphatic carbocycles. The zero-order valence-electron chi connectivity index (χ0n) is 13.9. The van der Waals surface area contributed by atoms with Gasteiger partial charge in [-0.05, 0) is 43.9 Å². The molecule has 21 heavy (non-hydrogen) atoms. The van der Waals surface area contributed by atoms with Gasteiger partial charge in [-0.2, -0.15) is 0 Å². The Labute approximate surface area is 128 Å². The predicted molar refractivity (Wildman–Crippen MR) is 84.6 cm³/mol. The molecule has 1 heterocycles. The lowest BCUT2D eigenvalue weighted by Crippen LogP contribution is -2.58. The molecule has 5 heteroatoms. The highest BCUT2D eigenvalue weighted by Gasteiger charge is 2.61. The van der Waals surface area contributed by atoms with E-state index in [1.165, 1.54) is 0 Å². The number of amides is 1. The van der Waals surface area contributed by atoms with Gasteiger partial charge < -0.3 is 14.6 Å². The highest BCUT2D eigenvalue weighted by molar-refractivity contribution is 6.47. The summed E-state index contributed by atoms with van der Waals surface area (Å²) in [6.45, 7) is 14.9. The summed E-state index contributed by atoms with van der Waals surface area (Å²) >= 11 is 0. The Hall–Kier alpha value is -0.805. The lowest BCUT2D eigenvalue weighted by atomic mass is 9.50. The molecule has 5 unspecified atom stereocenters. The van der Waals surface area contributed by atoms with Crippen molar-refractivity contribution in [2.45, 2.75) is 65.1 Å². The van der Waals surface area contributed by atoms with Crippen LogP contribution in [0.4, 0.5) is 0 Å². The van der Waals surface area contributed by atoms with E-state index in [4.69, 9.17) is 9.31 Å². The third kappa shape index (κ3) is 2.66. The Morgan fingerprint density at radius 1 is 1.43 bits per heavy atom. The fraction of sp³-hybridized carbons (Fsp3) is 0.812. The van der Waals surface area contributed by atoms with Crippen molar-refractivity contribution in [2.24, 2.45) is 17.3 Å². The maximum Gasteiger partial charge on any atom is 0.481 e. The van der Waals surface area contributed by atoms with Crippen LogP contribution in [0, 0.1) is 17.3 Å². The van der Waals surface area contributed by atoms with Crippen molar-refractivity contribution < 1.29 is 14.1 Å². The van der Waals surface area contributed by atoms with Crippen molar-refractivity contribution >= 4 is 13.5 Å². The minimum atomic E-state index is -0.403. The predicted octanol–water partition coefficient (Wildman–Crippen LogP) is 2.58. The average Bonchev–Trinajstić information content (AvgIpc) is 2.72. The van der Waals surface area contributed by atoms with Crippen molar-refractivity contribution in [3.05, 3.63) is 12.7 Å². The first-order chi connectivity index (χ1) is 9.77. The molecule has 1 saturated carbocycles. The summed E-state index contributed by atoms with van der Waals surface area (Å²) in [5, 5.41) is 2.79. The van der Waals surface area contributed by atoms with Crippen molar-refractivity contribution in [1.82, 2.24) is 5.32 Å². The lowest BCUT2D eigenvalue weighted by molar-refractivity contribution is -0.137. The summed E-state index contributed by atoms with van der Waals surface area (Å²) < 4.78 is 12.4. The van der Waals surface area contributed by atoms with Crippen LogP contribution in [0.15, 0.2) is 12.7 Å². The zero-order valence-corrected chi connectivity index (χ0v) is 13.9. The number of carbonyl (C=O) groups is 1. The van der Waals surface area contributed by atoms with Crippen LogP contribution < -0.4 is 5.32 Å². The fourth-order valence-corrected chi connectivity index (χ4v) is 3.89. The Bertz CT molecular complexity index is 404. The van der Waals surface area contributed by atoms with Gasteiger partial charge in [-0.1, -0.05) is 26.8 Å². The molecule has 2 aliphatic rings. The van der Waals surface area contributed by atoms with Gasteiger partial charge >= 0.3 is 7.12 Å². The Kier molecular flexibility index (Phi) is 4.55. The maximum absolute atomic E-state index is 10.8. The third-order valence-electron chi connectivity index (χ3n) is 6.00. The molecular weight excluding hydrogens is 265 g/mol.